The zero-order chi connectivity index (χ0) is 38.5. The number of nitrogens with one attached hydrogen (secondary N) is 1. The van der Waals surface area contributed by atoms with Gasteiger partial charge < -0.3 is 30.5 Å². The Morgan fingerprint density at radius 2 is 1.78 bits per heavy atom. The van der Waals surface area contributed by atoms with Crippen LogP contribution in [0.2, 0.25) is 0 Å². The average molecular weight is 748 g/mol. The molecular formula is C43H59N10O2+. The van der Waals surface area contributed by atoms with Crippen molar-refractivity contribution in [2.24, 2.45) is 16.1 Å². The molecule has 12 nitrogen and oxygen atoms in total. The van der Waals surface area contributed by atoms with E-state index >= 15 is 0 Å². The number of allylic oxidation sites excluding steroid dienone is 1. The molecule has 3 atom stereocenters. The Kier molecular flexibility index (Phi) is 11.8. The molecule has 4 aromatic rings. The maximum atomic E-state index is 13.7. The van der Waals surface area contributed by atoms with Crippen LogP contribution >= 0.6 is 0 Å². The summed E-state index contributed by atoms with van der Waals surface area (Å²) in [6.07, 6.45) is 9.64. The highest BCUT2D eigenvalue weighted by Crippen LogP contribution is 2.39. The van der Waals surface area contributed by atoms with Crippen molar-refractivity contribution in [2.75, 3.05) is 51.2 Å². The lowest BCUT2D eigenvalue weighted by Crippen LogP contribution is -2.82. The predicted molar refractivity (Wildman–Crippen MR) is 219 cm³/mol. The minimum atomic E-state index is -0.396. The number of rotatable bonds is 9. The van der Waals surface area contributed by atoms with E-state index in [1.807, 2.05) is 46.3 Å². The maximum Gasteiger partial charge on any atom is 0.346 e. The number of urea groups is 1. The highest BCUT2D eigenvalue weighted by molar-refractivity contribution is 5.96. The van der Waals surface area contributed by atoms with E-state index in [1.165, 1.54) is 12.0 Å². The van der Waals surface area contributed by atoms with Crippen LogP contribution in [0.3, 0.4) is 0 Å². The van der Waals surface area contributed by atoms with Gasteiger partial charge in [0.2, 0.25) is 11.8 Å². The van der Waals surface area contributed by atoms with E-state index in [4.69, 9.17) is 10.5 Å². The number of ether oxygens (including phenoxy) is 1. The summed E-state index contributed by atoms with van der Waals surface area (Å²) in [5.41, 5.74) is 12.1. The second-order valence-electron chi connectivity index (χ2n) is 16.6. The summed E-state index contributed by atoms with van der Waals surface area (Å²) in [6, 6.07) is 20.5. The fourth-order valence-electron chi connectivity index (χ4n) is 7.86. The smallest absolute Gasteiger partial charge is 0.346 e. The molecule has 0 spiro atoms. The number of carbonyl (C=O) groups excluding carboxylic acids is 1. The number of carbonyl (C=O) groups is 1. The highest BCUT2D eigenvalue weighted by Gasteiger charge is 2.30. The van der Waals surface area contributed by atoms with E-state index in [2.05, 4.69) is 106 Å². The highest BCUT2D eigenvalue weighted by atomic mass is 16.5. The van der Waals surface area contributed by atoms with Gasteiger partial charge in [0.15, 0.2) is 5.65 Å². The molecule has 7 rings (SSSR count). The van der Waals surface area contributed by atoms with Gasteiger partial charge in [-0.2, -0.15) is 0 Å². The van der Waals surface area contributed by atoms with Crippen molar-refractivity contribution in [2.45, 2.75) is 84.4 Å². The number of aliphatic imine (C=N–C) groups is 1. The van der Waals surface area contributed by atoms with Crippen LogP contribution in [0.15, 0.2) is 83.6 Å². The van der Waals surface area contributed by atoms with Crippen molar-refractivity contribution in [1.29, 1.82) is 0 Å². The van der Waals surface area contributed by atoms with Gasteiger partial charge in [-0.1, -0.05) is 57.2 Å². The fraction of sp³-hybridized carbons (Fsp3) is 0.488. The maximum absolute atomic E-state index is 13.7. The third-order valence-corrected chi connectivity index (χ3v) is 11.4. The Morgan fingerprint density at radius 1 is 0.982 bits per heavy atom. The lowest BCUT2D eigenvalue weighted by Gasteiger charge is -2.33. The Morgan fingerprint density at radius 3 is 2.56 bits per heavy atom. The first-order valence-corrected chi connectivity index (χ1v) is 20.1. The third-order valence-electron chi connectivity index (χ3n) is 11.4. The van der Waals surface area contributed by atoms with Gasteiger partial charge in [-0.05, 0) is 87.4 Å². The van der Waals surface area contributed by atoms with Crippen LogP contribution in [0.5, 0.6) is 5.75 Å². The number of anilines is 1. The number of hydrogen-bond donors (Lipinski definition) is 3. The topological polar surface area (TPSA) is 133 Å². The van der Waals surface area contributed by atoms with Gasteiger partial charge in [-0.25, -0.2) is 4.79 Å². The number of aromatic nitrogens is 3. The summed E-state index contributed by atoms with van der Waals surface area (Å²) >= 11 is 0. The first kappa shape index (κ1) is 38.5. The Labute approximate surface area is 325 Å². The van der Waals surface area contributed by atoms with Crippen molar-refractivity contribution in [3.63, 3.8) is 0 Å². The number of piperidine rings is 1. The summed E-state index contributed by atoms with van der Waals surface area (Å²) < 4.78 is 8.74. The minimum Gasteiger partial charge on any atom is -0.484 e. The number of quaternary nitrogens is 1. The molecule has 2 amide bonds. The molecule has 1 aliphatic carbocycles. The first-order chi connectivity index (χ1) is 26.5. The normalized spacial score (nSPS) is 21.8. The van der Waals surface area contributed by atoms with Gasteiger partial charge in [0.25, 0.3) is 0 Å². The SMILES string of the molecule is C[C@H]1CCCCN1c1nnc2ccc(O[C@@H]3CC[C@H](NC(=O)/N=C(\C=C(/N)C(C)(C)C)[NH2+]c4cccc(CCN5CCN(C)CC5)c4)c4ccccc43)cn12. The van der Waals surface area contributed by atoms with Crippen LogP contribution < -0.4 is 26.0 Å². The van der Waals surface area contributed by atoms with E-state index in [1.54, 1.807) is 0 Å². The van der Waals surface area contributed by atoms with Crippen LogP contribution in [0.1, 0.15) is 88.6 Å². The quantitative estimate of drug-likeness (QED) is 0.112. The number of nitrogens with zero attached hydrogens (tertiary/aromatic N) is 7. The minimum absolute atomic E-state index is 0.166. The third kappa shape index (κ3) is 9.55. The van der Waals surface area contributed by atoms with Gasteiger partial charge in [0.05, 0.1) is 12.2 Å². The summed E-state index contributed by atoms with van der Waals surface area (Å²) in [7, 11) is 2.18. The van der Waals surface area contributed by atoms with Crippen LogP contribution in [0.4, 0.5) is 16.4 Å². The van der Waals surface area contributed by atoms with Gasteiger partial charge in [-0.3, -0.25) is 9.72 Å². The fourth-order valence-corrected chi connectivity index (χ4v) is 7.86. The van der Waals surface area contributed by atoms with Gasteiger partial charge >= 0.3 is 6.03 Å². The van der Waals surface area contributed by atoms with Gasteiger partial charge in [0, 0.05) is 68.6 Å². The Bertz CT molecular complexity index is 2010. The number of amidine groups is 1. The lowest BCUT2D eigenvalue weighted by molar-refractivity contribution is -0.441. The molecule has 0 saturated carbocycles. The molecule has 2 aromatic heterocycles. The predicted octanol–water partition coefficient (Wildman–Crippen LogP) is 5.74. The number of amides is 2. The van der Waals surface area contributed by atoms with Crippen LogP contribution in [0, 0.1) is 5.41 Å². The standard InChI is InChI=1S/C43H58N10O2/c1-30-11-8-9-21-52(30)42-49-48-40-19-16-33(29-53(40)42)55-37-18-17-36(34-14-6-7-15-35(34)37)46-41(54)47-39(28-38(44)43(2,3)4)45-32-13-10-12-31(27-32)20-22-51-25-23-50(5)24-26-51/h6-7,10,12-16,19,27-30,36-37H,8-9,11,17-18,20-26,44H2,1-5H3,(H2,45,46,47,54)/p+1/b38-28-/t30-,36-,37+/m0/s1. The summed E-state index contributed by atoms with van der Waals surface area (Å²) in [5.74, 6) is 2.15. The lowest BCUT2D eigenvalue weighted by atomic mass is 9.85. The van der Waals surface area contributed by atoms with Crippen molar-refractivity contribution in [1.82, 2.24) is 29.7 Å². The largest absolute Gasteiger partial charge is 0.484 e. The number of piperazine rings is 1. The average Bonchev–Trinajstić information content (AvgIpc) is 3.58. The molecule has 2 aromatic carbocycles. The molecule has 55 heavy (non-hydrogen) atoms. The molecule has 5 N–H and O–H groups in total. The molecule has 292 valence electrons. The van der Waals surface area contributed by atoms with E-state index in [9.17, 15) is 4.79 Å². The van der Waals surface area contributed by atoms with Gasteiger partial charge in [0.1, 0.15) is 17.5 Å². The van der Waals surface area contributed by atoms with E-state index in [0.717, 1.165) is 99.1 Å². The summed E-state index contributed by atoms with van der Waals surface area (Å²) in [4.78, 5) is 25.6. The van der Waals surface area contributed by atoms with Crippen molar-refractivity contribution >= 4 is 29.1 Å². The summed E-state index contributed by atoms with van der Waals surface area (Å²) in [6.45, 7) is 14.9. The molecule has 3 aliphatic rings. The van der Waals surface area contributed by atoms with Crippen LogP contribution in [0.25, 0.3) is 5.65 Å². The zero-order valence-corrected chi connectivity index (χ0v) is 33.2. The van der Waals surface area contributed by atoms with Gasteiger partial charge in [-0.15, -0.1) is 15.2 Å². The van der Waals surface area contributed by atoms with Crippen molar-refractivity contribution in [3.05, 3.63) is 95.3 Å². The molecule has 2 aliphatic heterocycles. The zero-order valence-electron chi connectivity index (χ0n) is 33.2. The van der Waals surface area contributed by atoms with E-state index in [-0.39, 0.29) is 17.6 Å². The number of pyridine rings is 1. The molecule has 12 heteroatoms. The molecule has 2 fully saturated rings. The molecule has 4 heterocycles. The van der Waals surface area contributed by atoms with Crippen LogP contribution in [-0.2, 0) is 6.42 Å². The Hall–Kier alpha value is -4.78. The Balaban J connectivity index is 1.05. The number of fused-ring (bicyclic) bond motifs is 2. The number of nitrogens with two attached hydrogens (primary N) is 2. The van der Waals surface area contributed by atoms with Crippen molar-refractivity contribution in [3.8, 4) is 5.75 Å². The van der Waals surface area contributed by atoms with Crippen LogP contribution in [-0.4, -0.2) is 88.6 Å². The molecular weight excluding hydrogens is 689 g/mol. The summed E-state index contributed by atoms with van der Waals surface area (Å²) in [5, 5.41) is 14.2. The number of hydrogen-bond acceptors (Lipinski definition) is 8. The van der Waals surface area contributed by atoms with E-state index < -0.39 is 6.03 Å². The molecule has 0 bridgehead atoms. The molecule has 0 unspecified atom stereocenters. The number of likely N-dealkylation sites (N-methyl/N-ethyl adjacent to an activating group) is 1. The van der Waals surface area contributed by atoms with Crippen molar-refractivity contribution < 1.29 is 14.8 Å². The number of benzene rings is 2. The van der Waals surface area contributed by atoms with E-state index in [0.29, 0.717) is 24.0 Å². The second-order valence-corrected chi connectivity index (χ2v) is 16.6. The monoisotopic (exact) mass is 747 g/mol. The first-order valence-electron chi connectivity index (χ1n) is 20.1. The second kappa shape index (κ2) is 16.9. The molecule has 0 radical (unpaired) electrons. The molecule has 2 saturated heterocycles.